The average molecular weight is 224 g/mol. The van der Waals surface area contributed by atoms with E-state index < -0.39 is 0 Å². The number of carbonyl (C=O) groups is 1. The number of rotatable bonds is 4. The van der Waals surface area contributed by atoms with Gasteiger partial charge in [-0.25, -0.2) is 0 Å². The van der Waals surface area contributed by atoms with Gasteiger partial charge in [-0.05, 0) is 23.6 Å². The van der Waals surface area contributed by atoms with E-state index in [2.05, 4.69) is 6.07 Å². The minimum atomic E-state index is 0.395. The Bertz CT molecular complexity index is 403. The summed E-state index contributed by atoms with van der Waals surface area (Å²) < 4.78 is 6.51. The second-order valence-electron chi connectivity index (χ2n) is 2.64. The predicted octanol–water partition coefficient (Wildman–Crippen LogP) is 3.45. The zero-order valence-corrected chi connectivity index (χ0v) is 8.94. The van der Waals surface area contributed by atoms with Crippen molar-refractivity contribution in [1.82, 2.24) is 0 Å². The van der Waals surface area contributed by atoms with Crippen molar-refractivity contribution < 1.29 is 9.21 Å². The molecule has 0 N–H and O–H groups in total. The van der Waals surface area contributed by atoms with Crippen LogP contribution in [0.25, 0.3) is 0 Å². The molecule has 0 bridgehead atoms. The minimum absolute atomic E-state index is 0.395. The van der Waals surface area contributed by atoms with E-state index in [9.17, 15) is 4.79 Å². The first kappa shape index (κ1) is 9.55. The van der Waals surface area contributed by atoms with Crippen LogP contribution >= 0.6 is 23.1 Å². The van der Waals surface area contributed by atoms with Crippen LogP contribution in [0.2, 0.25) is 0 Å². The van der Waals surface area contributed by atoms with Crippen LogP contribution in [-0.4, -0.2) is 6.29 Å². The van der Waals surface area contributed by atoms with E-state index in [0.717, 1.165) is 17.8 Å². The largest absolute Gasteiger partial charge is 0.457 e. The number of hydrogen-bond acceptors (Lipinski definition) is 4. The van der Waals surface area contributed by atoms with Gasteiger partial charge in [0.15, 0.2) is 12.0 Å². The van der Waals surface area contributed by atoms with Gasteiger partial charge in [0.25, 0.3) is 0 Å². The summed E-state index contributed by atoms with van der Waals surface area (Å²) in [6, 6.07) is 7.62. The van der Waals surface area contributed by atoms with Crippen molar-refractivity contribution in [2.45, 2.75) is 9.96 Å². The third kappa shape index (κ3) is 2.27. The predicted molar refractivity (Wildman–Crippen MR) is 58.0 cm³/mol. The van der Waals surface area contributed by atoms with Crippen molar-refractivity contribution in [2.24, 2.45) is 0 Å². The molecule has 14 heavy (non-hydrogen) atoms. The number of thiophene rings is 1. The molecule has 2 nitrogen and oxygen atoms in total. The summed E-state index contributed by atoms with van der Waals surface area (Å²) in [5.41, 5.74) is 0. The first-order valence-corrected chi connectivity index (χ1v) is 5.95. The van der Waals surface area contributed by atoms with Gasteiger partial charge in [0, 0.05) is 0 Å². The monoisotopic (exact) mass is 224 g/mol. The number of carbonyl (C=O) groups excluding carboxylic acids is 1. The zero-order chi connectivity index (χ0) is 9.80. The zero-order valence-electron chi connectivity index (χ0n) is 7.30. The SMILES string of the molecule is O=Cc1ccc(CSc2cccs2)o1. The molecule has 2 aromatic rings. The lowest BCUT2D eigenvalue weighted by atomic mass is 10.4. The van der Waals surface area contributed by atoms with E-state index >= 15 is 0 Å². The van der Waals surface area contributed by atoms with Gasteiger partial charge in [0.2, 0.25) is 0 Å². The quantitative estimate of drug-likeness (QED) is 0.588. The lowest BCUT2D eigenvalue weighted by molar-refractivity contribution is 0.109. The van der Waals surface area contributed by atoms with Gasteiger partial charge in [-0.1, -0.05) is 6.07 Å². The molecule has 72 valence electrons. The Kier molecular flexibility index (Phi) is 3.06. The molecule has 2 heterocycles. The Balaban J connectivity index is 1.95. The first-order chi connectivity index (χ1) is 6.88. The smallest absolute Gasteiger partial charge is 0.185 e. The lowest BCUT2D eigenvalue weighted by Gasteiger charge is -1.93. The van der Waals surface area contributed by atoms with Crippen LogP contribution in [0.4, 0.5) is 0 Å². The Morgan fingerprint density at radius 2 is 2.36 bits per heavy atom. The number of aldehydes is 1. The van der Waals surface area contributed by atoms with E-state index in [1.165, 1.54) is 4.21 Å². The maximum absolute atomic E-state index is 10.4. The highest BCUT2D eigenvalue weighted by Crippen LogP contribution is 2.27. The molecule has 4 heteroatoms. The van der Waals surface area contributed by atoms with E-state index in [1.54, 1.807) is 29.2 Å². The molecular weight excluding hydrogens is 216 g/mol. The molecule has 0 radical (unpaired) electrons. The molecule has 0 saturated carbocycles. The molecular formula is C10H8O2S2. The first-order valence-electron chi connectivity index (χ1n) is 4.08. The topological polar surface area (TPSA) is 30.2 Å². The Hall–Kier alpha value is -1.00. The molecule has 0 fully saturated rings. The standard InChI is InChI=1S/C10H8O2S2/c11-6-8-3-4-9(12-8)7-14-10-2-1-5-13-10/h1-6H,7H2. The van der Waals surface area contributed by atoms with Crippen LogP contribution in [-0.2, 0) is 5.75 Å². The Morgan fingerprint density at radius 1 is 1.43 bits per heavy atom. The minimum Gasteiger partial charge on any atom is -0.457 e. The highest BCUT2D eigenvalue weighted by molar-refractivity contribution is 8.00. The lowest BCUT2D eigenvalue weighted by Crippen LogP contribution is -1.73. The highest BCUT2D eigenvalue weighted by atomic mass is 32.2. The summed E-state index contributed by atoms with van der Waals surface area (Å²) >= 11 is 3.42. The van der Waals surface area contributed by atoms with Gasteiger partial charge in [0.1, 0.15) is 5.76 Å². The van der Waals surface area contributed by atoms with Gasteiger partial charge < -0.3 is 4.42 Å². The van der Waals surface area contributed by atoms with Crippen molar-refractivity contribution >= 4 is 29.4 Å². The van der Waals surface area contributed by atoms with Crippen LogP contribution in [0.1, 0.15) is 16.3 Å². The van der Waals surface area contributed by atoms with E-state index in [0.29, 0.717) is 5.76 Å². The second-order valence-corrected chi connectivity index (χ2v) is 4.87. The summed E-state index contributed by atoms with van der Waals surface area (Å²) in [6.07, 6.45) is 0.722. The number of hydrogen-bond donors (Lipinski definition) is 0. The summed E-state index contributed by atoms with van der Waals surface area (Å²) in [6.45, 7) is 0. The summed E-state index contributed by atoms with van der Waals surface area (Å²) in [5.74, 6) is 2.01. The summed E-state index contributed by atoms with van der Waals surface area (Å²) in [4.78, 5) is 10.4. The van der Waals surface area contributed by atoms with Crippen LogP contribution in [0.3, 0.4) is 0 Å². The number of thioether (sulfide) groups is 1. The second kappa shape index (κ2) is 4.48. The fourth-order valence-electron chi connectivity index (χ4n) is 1.02. The van der Waals surface area contributed by atoms with Crippen molar-refractivity contribution in [3.63, 3.8) is 0 Å². The molecule has 0 unspecified atom stereocenters. The third-order valence-corrected chi connectivity index (χ3v) is 3.80. The van der Waals surface area contributed by atoms with E-state index in [1.807, 2.05) is 17.5 Å². The Morgan fingerprint density at radius 3 is 3.00 bits per heavy atom. The van der Waals surface area contributed by atoms with Crippen molar-refractivity contribution in [3.05, 3.63) is 41.2 Å². The van der Waals surface area contributed by atoms with E-state index in [4.69, 9.17) is 4.42 Å². The van der Waals surface area contributed by atoms with Crippen molar-refractivity contribution in [3.8, 4) is 0 Å². The molecule has 0 aliphatic heterocycles. The van der Waals surface area contributed by atoms with Gasteiger partial charge in [-0.15, -0.1) is 23.1 Å². The molecule has 0 aromatic carbocycles. The summed E-state index contributed by atoms with van der Waals surface area (Å²) in [7, 11) is 0. The molecule has 0 atom stereocenters. The van der Waals surface area contributed by atoms with Crippen LogP contribution in [0.15, 0.2) is 38.3 Å². The van der Waals surface area contributed by atoms with Crippen LogP contribution < -0.4 is 0 Å². The molecule has 0 saturated heterocycles. The van der Waals surface area contributed by atoms with E-state index in [-0.39, 0.29) is 0 Å². The van der Waals surface area contributed by atoms with Gasteiger partial charge >= 0.3 is 0 Å². The molecule has 2 aromatic heterocycles. The maximum atomic E-state index is 10.4. The van der Waals surface area contributed by atoms with Crippen molar-refractivity contribution in [1.29, 1.82) is 0 Å². The maximum Gasteiger partial charge on any atom is 0.185 e. The molecule has 0 aliphatic rings. The van der Waals surface area contributed by atoms with Crippen molar-refractivity contribution in [2.75, 3.05) is 0 Å². The van der Waals surface area contributed by atoms with Gasteiger partial charge in [0.05, 0.1) is 9.96 Å². The number of furan rings is 1. The Labute approximate surface area is 89.9 Å². The fourth-order valence-corrected chi connectivity index (χ4v) is 2.70. The highest BCUT2D eigenvalue weighted by Gasteiger charge is 2.02. The van der Waals surface area contributed by atoms with Gasteiger partial charge in [-0.2, -0.15) is 0 Å². The molecule has 0 spiro atoms. The molecule has 2 rings (SSSR count). The van der Waals surface area contributed by atoms with Crippen LogP contribution in [0, 0.1) is 0 Å². The summed E-state index contributed by atoms with van der Waals surface area (Å²) in [5, 5.41) is 2.04. The normalized spacial score (nSPS) is 10.3. The van der Waals surface area contributed by atoms with Crippen LogP contribution in [0.5, 0.6) is 0 Å². The average Bonchev–Trinajstić information content (AvgIpc) is 2.86. The molecule has 0 aliphatic carbocycles. The molecule has 0 amide bonds. The fraction of sp³-hybridized carbons (Fsp3) is 0.100. The van der Waals surface area contributed by atoms with Gasteiger partial charge in [-0.3, -0.25) is 4.79 Å². The third-order valence-electron chi connectivity index (χ3n) is 1.65.